The van der Waals surface area contributed by atoms with Crippen molar-refractivity contribution in [2.24, 2.45) is 0 Å². The van der Waals surface area contributed by atoms with Gasteiger partial charge in [-0.15, -0.1) is 11.6 Å². The zero-order valence-electron chi connectivity index (χ0n) is 10.2. The molecule has 1 aliphatic heterocycles. The summed E-state index contributed by atoms with van der Waals surface area (Å²) < 4.78 is 5.49. The van der Waals surface area contributed by atoms with Gasteiger partial charge in [-0.3, -0.25) is 10.1 Å². The summed E-state index contributed by atoms with van der Waals surface area (Å²) in [5, 5.41) is 2.34. The van der Waals surface area contributed by atoms with E-state index in [-0.39, 0.29) is 36.4 Å². The molecule has 1 N–H and O–H groups in total. The number of amides is 3. The third-order valence-corrected chi connectivity index (χ3v) is 2.96. The van der Waals surface area contributed by atoms with Crippen LogP contribution in [0, 0.1) is 0 Å². The largest absolute Gasteiger partial charge is 0.375 e. The SMILES string of the molecule is CCC1COC(C)CN1C(=O)NC(=O)CCCl. The van der Waals surface area contributed by atoms with Crippen molar-refractivity contribution < 1.29 is 14.3 Å². The number of halogens is 1. The Morgan fingerprint density at radius 3 is 2.82 bits per heavy atom. The van der Waals surface area contributed by atoms with Crippen LogP contribution in [0.2, 0.25) is 0 Å². The molecule has 1 fully saturated rings. The summed E-state index contributed by atoms with van der Waals surface area (Å²) in [6.45, 7) is 4.94. The number of rotatable bonds is 3. The smallest absolute Gasteiger partial charge is 0.324 e. The summed E-state index contributed by atoms with van der Waals surface area (Å²) in [5.74, 6) is -0.116. The van der Waals surface area contributed by atoms with Gasteiger partial charge in [0.1, 0.15) is 0 Å². The number of nitrogens with zero attached hydrogens (tertiary/aromatic N) is 1. The Kier molecular flexibility index (Phi) is 5.71. The van der Waals surface area contributed by atoms with Crippen molar-refractivity contribution in [3.05, 3.63) is 0 Å². The second-order valence-corrected chi connectivity index (χ2v) is 4.53. The molecule has 0 bridgehead atoms. The molecule has 17 heavy (non-hydrogen) atoms. The molecule has 0 aromatic carbocycles. The quantitative estimate of drug-likeness (QED) is 0.781. The molecule has 2 atom stereocenters. The third kappa shape index (κ3) is 4.16. The number of hydrogen-bond donors (Lipinski definition) is 1. The van der Waals surface area contributed by atoms with Crippen molar-refractivity contribution in [2.45, 2.75) is 38.8 Å². The van der Waals surface area contributed by atoms with E-state index in [1.54, 1.807) is 4.90 Å². The number of hydrogen-bond acceptors (Lipinski definition) is 3. The predicted molar refractivity (Wildman–Crippen MR) is 65.1 cm³/mol. The number of urea groups is 1. The number of imide groups is 1. The van der Waals surface area contributed by atoms with E-state index in [1.165, 1.54) is 0 Å². The van der Waals surface area contributed by atoms with E-state index < -0.39 is 0 Å². The van der Waals surface area contributed by atoms with E-state index in [0.29, 0.717) is 13.2 Å². The lowest BCUT2D eigenvalue weighted by atomic mass is 10.1. The van der Waals surface area contributed by atoms with E-state index in [9.17, 15) is 9.59 Å². The molecule has 1 heterocycles. The zero-order valence-corrected chi connectivity index (χ0v) is 11.0. The highest BCUT2D eigenvalue weighted by molar-refractivity contribution is 6.19. The minimum Gasteiger partial charge on any atom is -0.375 e. The molecular formula is C11H19ClN2O3. The van der Waals surface area contributed by atoms with Gasteiger partial charge < -0.3 is 9.64 Å². The van der Waals surface area contributed by atoms with E-state index in [1.807, 2.05) is 13.8 Å². The molecule has 6 heteroatoms. The van der Waals surface area contributed by atoms with Crippen LogP contribution in [0.15, 0.2) is 0 Å². The lowest BCUT2D eigenvalue weighted by Gasteiger charge is -2.37. The van der Waals surface area contributed by atoms with Crippen molar-refractivity contribution in [1.29, 1.82) is 0 Å². The number of carbonyl (C=O) groups is 2. The van der Waals surface area contributed by atoms with Gasteiger partial charge in [-0.2, -0.15) is 0 Å². The van der Waals surface area contributed by atoms with Crippen LogP contribution >= 0.6 is 11.6 Å². The minimum atomic E-state index is -0.345. The number of alkyl halides is 1. The third-order valence-electron chi connectivity index (χ3n) is 2.77. The molecule has 0 radical (unpaired) electrons. The predicted octanol–water partition coefficient (Wildman–Crippen LogP) is 1.35. The Hall–Kier alpha value is -0.810. The molecule has 0 saturated carbocycles. The highest BCUT2D eigenvalue weighted by Crippen LogP contribution is 2.14. The Morgan fingerprint density at radius 2 is 2.24 bits per heavy atom. The average molecular weight is 263 g/mol. The molecule has 2 unspecified atom stereocenters. The summed E-state index contributed by atoms with van der Waals surface area (Å²) in [6, 6.07) is -0.308. The van der Waals surface area contributed by atoms with Gasteiger partial charge in [-0.1, -0.05) is 6.92 Å². The Bertz CT molecular complexity index is 286. The minimum absolute atomic E-state index is 0.00618. The highest BCUT2D eigenvalue weighted by atomic mass is 35.5. The van der Waals surface area contributed by atoms with Gasteiger partial charge in [-0.25, -0.2) is 4.79 Å². The van der Waals surface area contributed by atoms with Crippen molar-refractivity contribution in [1.82, 2.24) is 10.2 Å². The molecule has 1 saturated heterocycles. The van der Waals surface area contributed by atoms with Crippen LogP contribution < -0.4 is 5.32 Å². The summed E-state index contributed by atoms with van der Waals surface area (Å²) in [6.07, 6.45) is 0.972. The fourth-order valence-corrected chi connectivity index (χ4v) is 1.94. The van der Waals surface area contributed by atoms with Crippen LogP contribution in [0.3, 0.4) is 0 Å². The van der Waals surface area contributed by atoms with Crippen LogP contribution in [0.25, 0.3) is 0 Å². The van der Waals surface area contributed by atoms with E-state index >= 15 is 0 Å². The Morgan fingerprint density at radius 1 is 1.53 bits per heavy atom. The number of morpholine rings is 1. The molecule has 1 rings (SSSR count). The summed E-state index contributed by atoms with van der Waals surface area (Å²) >= 11 is 5.44. The lowest BCUT2D eigenvalue weighted by molar-refractivity contribution is -0.120. The number of ether oxygens (including phenoxy) is 1. The van der Waals surface area contributed by atoms with Gasteiger partial charge in [0.15, 0.2) is 0 Å². The van der Waals surface area contributed by atoms with Gasteiger partial charge in [0.05, 0.1) is 18.8 Å². The Balaban J connectivity index is 2.55. The topological polar surface area (TPSA) is 58.6 Å². The first-order valence-electron chi connectivity index (χ1n) is 5.86. The van der Waals surface area contributed by atoms with Gasteiger partial charge in [0, 0.05) is 18.8 Å². The molecule has 0 aromatic heterocycles. The van der Waals surface area contributed by atoms with Crippen LogP contribution in [0.1, 0.15) is 26.7 Å². The van der Waals surface area contributed by atoms with Crippen molar-refractivity contribution >= 4 is 23.5 Å². The van der Waals surface area contributed by atoms with Crippen LogP contribution in [-0.2, 0) is 9.53 Å². The maximum Gasteiger partial charge on any atom is 0.324 e. The second kappa shape index (κ2) is 6.81. The van der Waals surface area contributed by atoms with Crippen LogP contribution in [0.4, 0.5) is 4.79 Å². The van der Waals surface area contributed by atoms with E-state index in [0.717, 1.165) is 6.42 Å². The number of nitrogens with one attached hydrogen (secondary N) is 1. The number of carbonyl (C=O) groups excluding carboxylic acids is 2. The average Bonchev–Trinajstić information content (AvgIpc) is 2.29. The summed E-state index contributed by atoms with van der Waals surface area (Å²) in [4.78, 5) is 24.9. The first kappa shape index (κ1) is 14.3. The second-order valence-electron chi connectivity index (χ2n) is 4.15. The maximum atomic E-state index is 11.9. The monoisotopic (exact) mass is 262 g/mol. The molecule has 5 nitrogen and oxygen atoms in total. The fourth-order valence-electron chi connectivity index (χ4n) is 1.77. The molecule has 0 spiro atoms. The first-order chi connectivity index (χ1) is 8.08. The van der Waals surface area contributed by atoms with Gasteiger partial charge >= 0.3 is 6.03 Å². The molecule has 0 aromatic rings. The summed E-state index contributed by atoms with van der Waals surface area (Å²) in [5.41, 5.74) is 0. The van der Waals surface area contributed by atoms with Gasteiger partial charge in [-0.05, 0) is 13.3 Å². The van der Waals surface area contributed by atoms with Gasteiger partial charge in [0.25, 0.3) is 0 Å². The Labute approximate surface area is 106 Å². The van der Waals surface area contributed by atoms with Crippen molar-refractivity contribution in [3.8, 4) is 0 Å². The summed E-state index contributed by atoms with van der Waals surface area (Å²) in [7, 11) is 0. The molecule has 3 amide bonds. The molecule has 0 aliphatic carbocycles. The van der Waals surface area contributed by atoms with E-state index in [4.69, 9.17) is 16.3 Å². The fraction of sp³-hybridized carbons (Fsp3) is 0.818. The lowest BCUT2D eigenvalue weighted by Crippen LogP contribution is -2.55. The standard InChI is InChI=1S/C11H19ClN2O3/c1-3-9-7-17-8(2)6-14(9)11(16)13-10(15)4-5-12/h8-9H,3-7H2,1-2H3,(H,13,15,16). The van der Waals surface area contributed by atoms with Crippen molar-refractivity contribution in [2.75, 3.05) is 19.0 Å². The van der Waals surface area contributed by atoms with Crippen LogP contribution in [0.5, 0.6) is 0 Å². The van der Waals surface area contributed by atoms with E-state index in [2.05, 4.69) is 5.32 Å². The first-order valence-corrected chi connectivity index (χ1v) is 6.40. The molecule has 98 valence electrons. The van der Waals surface area contributed by atoms with Gasteiger partial charge in [0.2, 0.25) is 5.91 Å². The molecule has 1 aliphatic rings. The highest BCUT2D eigenvalue weighted by Gasteiger charge is 2.29. The maximum absolute atomic E-state index is 11.9. The molecular weight excluding hydrogens is 244 g/mol. The normalized spacial score (nSPS) is 24.5. The van der Waals surface area contributed by atoms with Crippen molar-refractivity contribution in [3.63, 3.8) is 0 Å². The van der Waals surface area contributed by atoms with Crippen LogP contribution in [-0.4, -0.2) is 48.0 Å². The zero-order chi connectivity index (χ0) is 12.8.